The van der Waals surface area contributed by atoms with Crippen LogP contribution in [0.5, 0.6) is 0 Å². The molecule has 1 N–H and O–H groups in total. The van der Waals surface area contributed by atoms with Crippen molar-refractivity contribution >= 4 is 0 Å². The third kappa shape index (κ3) is 4.11. The van der Waals surface area contributed by atoms with Crippen molar-refractivity contribution in [2.75, 3.05) is 6.61 Å². The standard InChI is InChI=1S/C14H16F2O/c1-11(10-12-6-4-3-5-7-12)13(8-9-17)14(2,15)16/h3-8,17H,1,9-10H2,2H3/b13-8+. The highest BCUT2D eigenvalue weighted by Crippen LogP contribution is 2.30. The van der Waals surface area contributed by atoms with Crippen LogP contribution in [0.25, 0.3) is 0 Å². The summed E-state index contributed by atoms with van der Waals surface area (Å²) in [5.74, 6) is -2.98. The van der Waals surface area contributed by atoms with Crippen LogP contribution in [0.4, 0.5) is 8.78 Å². The lowest BCUT2D eigenvalue weighted by atomic mass is 9.95. The van der Waals surface area contributed by atoms with Gasteiger partial charge in [0.2, 0.25) is 0 Å². The summed E-state index contributed by atoms with van der Waals surface area (Å²) in [7, 11) is 0. The van der Waals surface area contributed by atoms with Gasteiger partial charge >= 0.3 is 0 Å². The number of benzene rings is 1. The van der Waals surface area contributed by atoms with Crippen LogP contribution in [-0.4, -0.2) is 17.6 Å². The molecule has 1 nitrogen and oxygen atoms in total. The Morgan fingerprint density at radius 2 is 1.94 bits per heavy atom. The van der Waals surface area contributed by atoms with Gasteiger partial charge in [-0.15, -0.1) is 0 Å². The van der Waals surface area contributed by atoms with Gasteiger partial charge < -0.3 is 5.11 Å². The van der Waals surface area contributed by atoms with E-state index in [4.69, 9.17) is 5.11 Å². The first-order chi connectivity index (χ1) is 7.95. The van der Waals surface area contributed by atoms with Gasteiger partial charge in [0.25, 0.3) is 5.92 Å². The zero-order valence-electron chi connectivity index (χ0n) is 9.79. The maximum atomic E-state index is 13.3. The molecule has 17 heavy (non-hydrogen) atoms. The highest BCUT2D eigenvalue weighted by molar-refractivity contribution is 5.37. The Morgan fingerprint density at radius 3 is 2.41 bits per heavy atom. The normalized spacial score (nSPS) is 12.6. The average molecular weight is 238 g/mol. The minimum atomic E-state index is -2.98. The smallest absolute Gasteiger partial charge is 0.270 e. The van der Waals surface area contributed by atoms with Crippen molar-refractivity contribution in [3.05, 3.63) is 59.7 Å². The summed E-state index contributed by atoms with van der Waals surface area (Å²) < 4.78 is 26.6. The van der Waals surface area contributed by atoms with Crippen LogP contribution in [-0.2, 0) is 6.42 Å². The fourth-order valence-electron chi connectivity index (χ4n) is 1.66. The molecule has 3 heteroatoms. The molecule has 0 atom stereocenters. The van der Waals surface area contributed by atoms with Crippen LogP contribution in [0.1, 0.15) is 12.5 Å². The molecule has 1 aromatic carbocycles. The largest absolute Gasteiger partial charge is 0.392 e. The molecule has 0 amide bonds. The Hall–Kier alpha value is -1.48. The summed E-state index contributed by atoms with van der Waals surface area (Å²) in [5, 5.41) is 8.76. The number of allylic oxidation sites excluding steroid dienone is 2. The van der Waals surface area contributed by atoms with Gasteiger partial charge in [-0.2, -0.15) is 0 Å². The van der Waals surface area contributed by atoms with E-state index in [2.05, 4.69) is 6.58 Å². The predicted molar refractivity (Wildman–Crippen MR) is 65.1 cm³/mol. The number of alkyl halides is 2. The average Bonchev–Trinajstić information content (AvgIpc) is 2.25. The fourth-order valence-corrected chi connectivity index (χ4v) is 1.66. The van der Waals surface area contributed by atoms with Crippen LogP contribution in [0.2, 0.25) is 0 Å². The zero-order chi connectivity index (χ0) is 12.9. The van der Waals surface area contributed by atoms with Crippen LogP contribution in [0.15, 0.2) is 54.1 Å². The van der Waals surface area contributed by atoms with E-state index >= 15 is 0 Å². The van der Waals surface area contributed by atoms with Gasteiger partial charge in [0.05, 0.1) is 6.61 Å². The van der Waals surface area contributed by atoms with Crippen molar-refractivity contribution in [1.82, 2.24) is 0 Å². The molecule has 0 heterocycles. The summed E-state index contributed by atoms with van der Waals surface area (Å²) in [6, 6.07) is 9.28. The van der Waals surface area contributed by atoms with Crippen LogP contribution >= 0.6 is 0 Å². The van der Waals surface area contributed by atoms with Crippen molar-refractivity contribution in [3.63, 3.8) is 0 Å². The van der Waals surface area contributed by atoms with Gasteiger partial charge in [-0.25, -0.2) is 8.78 Å². The third-order valence-corrected chi connectivity index (χ3v) is 2.41. The molecular formula is C14H16F2O. The number of hydrogen-bond acceptors (Lipinski definition) is 1. The SMILES string of the molecule is C=C(Cc1ccccc1)/C(=C\CO)C(C)(F)F. The molecule has 1 rings (SSSR count). The monoisotopic (exact) mass is 238 g/mol. The van der Waals surface area contributed by atoms with E-state index in [9.17, 15) is 8.78 Å². The van der Waals surface area contributed by atoms with Crippen molar-refractivity contribution in [3.8, 4) is 0 Å². The van der Waals surface area contributed by atoms with E-state index < -0.39 is 12.5 Å². The Balaban J connectivity index is 2.85. The lowest BCUT2D eigenvalue weighted by Crippen LogP contribution is -2.17. The first-order valence-corrected chi connectivity index (χ1v) is 5.36. The number of hydrogen-bond donors (Lipinski definition) is 1. The minimum absolute atomic E-state index is 0.191. The van der Waals surface area contributed by atoms with Crippen molar-refractivity contribution < 1.29 is 13.9 Å². The Bertz CT molecular complexity index is 402. The topological polar surface area (TPSA) is 20.2 Å². The van der Waals surface area contributed by atoms with Gasteiger partial charge in [0.15, 0.2) is 0 Å². The van der Waals surface area contributed by atoms with Crippen LogP contribution < -0.4 is 0 Å². The molecule has 0 aromatic heterocycles. The van der Waals surface area contributed by atoms with E-state index in [0.29, 0.717) is 12.0 Å². The quantitative estimate of drug-likeness (QED) is 0.780. The van der Waals surface area contributed by atoms with E-state index in [0.717, 1.165) is 18.6 Å². The molecular weight excluding hydrogens is 222 g/mol. The molecule has 1 aromatic rings. The van der Waals surface area contributed by atoms with E-state index in [1.54, 1.807) is 0 Å². The van der Waals surface area contributed by atoms with E-state index in [1.807, 2.05) is 30.3 Å². The number of rotatable bonds is 5. The van der Waals surface area contributed by atoms with Gasteiger partial charge in [-0.1, -0.05) is 36.9 Å². The molecule has 0 aliphatic heterocycles. The number of aliphatic hydroxyl groups is 1. The molecule has 0 saturated heterocycles. The molecule has 0 radical (unpaired) electrons. The number of aliphatic hydroxyl groups excluding tert-OH is 1. The fraction of sp³-hybridized carbons (Fsp3) is 0.286. The van der Waals surface area contributed by atoms with Crippen molar-refractivity contribution in [2.45, 2.75) is 19.3 Å². The molecule has 92 valence electrons. The first kappa shape index (κ1) is 13.6. The summed E-state index contributed by atoms with van der Waals surface area (Å²) in [4.78, 5) is 0. The van der Waals surface area contributed by atoms with Crippen molar-refractivity contribution in [1.29, 1.82) is 0 Å². The molecule has 0 saturated carbocycles. The predicted octanol–water partition coefficient (Wildman–Crippen LogP) is 3.36. The molecule has 0 aliphatic carbocycles. The summed E-state index contributed by atoms with van der Waals surface area (Å²) in [6.45, 7) is 4.08. The van der Waals surface area contributed by atoms with Crippen molar-refractivity contribution in [2.24, 2.45) is 0 Å². The van der Waals surface area contributed by atoms with E-state index in [-0.39, 0.29) is 5.57 Å². The molecule has 0 spiro atoms. The number of halogens is 2. The highest BCUT2D eigenvalue weighted by Gasteiger charge is 2.28. The molecule has 0 bridgehead atoms. The molecule has 0 aliphatic rings. The summed E-state index contributed by atoms with van der Waals surface area (Å²) in [6.07, 6.45) is 1.47. The van der Waals surface area contributed by atoms with Gasteiger partial charge in [-0.05, 0) is 23.6 Å². The minimum Gasteiger partial charge on any atom is -0.392 e. The van der Waals surface area contributed by atoms with Crippen LogP contribution in [0.3, 0.4) is 0 Å². The Kier molecular flexibility index (Phi) is 4.58. The Morgan fingerprint density at radius 1 is 1.35 bits per heavy atom. The van der Waals surface area contributed by atoms with Gasteiger partial charge in [-0.3, -0.25) is 0 Å². The first-order valence-electron chi connectivity index (χ1n) is 5.36. The lowest BCUT2D eigenvalue weighted by molar-refractivity contribution is 0.0648. The molecule has 0 fully saturated rings. The second-order valence-electron chi connectivity index (χ2n) is 3.95. The maximum absolute atomic E-state index is 13.3. The maximum Gasteiger partial charge on any atom is 0.270 e. The van der Waals surface area contributed by atoms with Gasteiger partial charge in [0, 0.05) is 12.5 Å². The molecule has 0 unspecified atom stereocenters. The third-order valence-electron chi connectivity index (χ3n) is 2.41. The second-order valence-corrected chi connectivity index (χ2v) is 3.95. The second kappa shape index (κ2) is 5.73. The Labute approximate surface area is 100 Å². The van der Waals surface area contributed by atoms with Crippen LogP contribution in [0, 0.1) is 0 Å². The summed E-state index contributed by atoms with van der Waals surface area (Å²) >= 11 is 0. The van der Waals surface area contributed by atoms with E-state index in [1.165, 1.54) is 0 Å². The summed E-state index contributed by atoms with van der Waals surface area (Å²) in [5.41, 5.74) is 1.06. The lowest BCUT2D eigenvalue weighted by Gasteiger charge is -2.17. The van der Waals surface area contributed by atoms with Gasteiger partial charge in [0.1, 0.15) is 0 Å². The zero-order valence-corrected chi connectivity index (χ0v) is 9.79. The highest BCUT2D eigenvalue weighted by atomic mass is 19.3.